The first-order valence-electron chi connectivity index (χ1n) is 7.90. The molecule has 0 N–H and O–H groups in total. The van der Waals surface area contributed by atoms with Crippen LogP contribution in [0.1, 0.15) is 9.68 Å². The average Bonchev–Trinajstić information content (AvgIpc) is 3.12. The van der Waals surface area contributed by atoms with E-state index >= 15 is 0 Å². The fourth-order valence-electron chi connectivity index (χ4n) is 3.08. The van der Waals surface area contributed by atoms with Crippen molar-refractivity contribution in [3.8, 4) is 11.5 Å². The Morgan fingerprint density at radius 3 is 3.30 bits per heavy atom. The normalized spacial score (nSPS) is 15.9. The maximum absolute atomic E-state index is 7.99. The second-order valence-electron chi connectivity index (χ2n) is 4.98. The molecule has 1 aliphatic heterocycles. The van der Waals surface area contributed by atoms with Gasteiger partial charge >= 0.3 is 0 Å². The van der Waals surface area contributed by atoms with Crippen LogP contribution in [0.5, 0.6) is 0 Å². The maximum Gasteiger partial charge on any atom is 0.275 e. The summed E-state index contributed by atoms with van der Waals surface area (Å²) in [6.07, 6.45) is 5.11. The van der Waals surface area contributed by atoms with Gasteiger partial charge in [-0.1, -0.05) is 6.07 Å². The average molecular weight is 265 g/mol. The van der Waals surface area contributed by atoms with E-state index in [0.29, 0.717) is 17.9 Å². The molecule has 20 heavy (non-hydrogen) atoms. The lowest BCUT2D eigenvalue weighted by Gasteiger charge is -1.95. The molecule has 5 heteroatoms. The Labute approximate surface area is 119 Å². The second-order valence-corrected chi connectivity index (χ2v) is 4.98. The summed E-state index contributed by atoms with van der Waals surface area (Å²) in [4.78, 5) is 8.58. The zero-order chi connectivity index (χ0) is 15.8. The molecule has 0 saturated carbocycles. The molecule has 5 rings (SSSR count). The minimum Gasteiger partial charge on any atom is -0.255 e. The molecule has 0 aromatic carbocycles. The zero-order valence-electron chi connectivity index (χ0n) is 13.5. The number of pyridine rings is 1. The lowest BCUT2D eigenvalue weighted by atomic mass is 10.2. The van der Waals surface area contributed by atoms with Crippen molar-refractivity contribution in [3.05, 3.63) is 48.5 Å². The molecule has 0 spiro atoms. The van der Waals surface area contributed by atoms with Gasteiger partial charge in [0, 0.05) is 24.0 Å². The summed E-state index contributed by atoms with van der Waals surface area (Å²) in [7, 11) is 0. The van der Waals surface area contributed by atoms with E-state index in [1.807, 2.05) is 33.2 Å². The maximum atomic E-state index is 7.99. The molecule has 0 amide bonds. The van der Waals surface area contributed by atoms with Crippen LogP contribution in [-0.2, 0) is 13.5 Å². The number of imidazole rings is 1. The molecule has 0 saturated heterocycles. The molecule has 0 atom stereocenters. The summed E-state index contributed by atoms with van der Waals surface area (Å²) in [6.45, 7) is -1.67. The Balaban J connectivity index is 2.01. The molecular weight excluding hydrogens is 250 g/mol. The van der Waals surface area contributed by atoms with Crippen LogP contribution in [0.15, 0.2) is 43.0 Å². The van der Waals surface area contributed by atoms with Gasteiger partial charge in [-0.3, -0.25) is 4.57 Å². The van der Waals surface area contributed by atoms with Gasteiger partial charge in [0.1, 0.15) is 11.2 Å². The van der Waals surface area contributed by atoms with Gasteiger partial charge in [-0.15, -0.1) is 0 Å². The highest BCUT2D eigenvalue weighted by atomic mass is 15.2. The molecule has 0 bridgehead atoms. The molecule has 4 aromatic heterocycles. The van der Waals surface area contributed by atoms with Crippen LogP contribution < -0.4 is 4.57 Å². The van der Waals surface area contributed by atoms with Crippen molar-refractivity contribution in [2.45, 2.75) is 6.54 Å². The third kappa shape index (κ3) is 1.02. The van der Waals surface area contributed by atoms with Gasteiger partial charge < -0.3 is 0 Å². The predicted octanol–water partition coefficient (Wildman–Crippen LogP) is 1.54. The van der Waals surface area contributed by atoms with Crippen molar-refractivity contribution in [1.82, 2.24) is 18.9 Å². The van der Waals surface area contributed by atoms with Crippen LogP contribution in [0.3, 0.4) is 0 Å². The van der Waals surface area contributed by atoms with E-state index in [-0.39, 0.29) is 0 Å². The van der Waals surface area contributed by atoms with Crippen LogP contribution in [0.2, 0.25) is 0 Å². The van der Waals surface area contributed by atoms with E-state index in [9.17, 15) is 0 Å². The fraction of sp³-hybridized carbons (Fsp3) is 0.133. The minimum atomic E-state index is -2.28. The van der Waals surface area contributed by atoms with Gasteiger partial charge in [0.25, 0.3) is 11.5 Å². The molecule has 0 unspecified atom stereocenters. The van der Waals surface area contributed by atoms with Gasteiger partial charge in [0.15, 0.2) is 11.8 Å². The number of fused-ring (bicyclic) bond motifs is 7. The first kappa shape index (κ1) is 7.79. The molecule has 0 fully saturated rings. The molecule has 4 aromatic rings. The predicted molar refractivity (Wildman–Crippen MR) is 74.2 cm³/mol. The molecule has 0 aliphatic carbocycles. The molecule has 96 valence electrons. The number of hydrogen-bond acceptors (Lipinski definition) is 2. The highest BCUT2D eigenvalue weighted by molar-refractivity contribution is 5.82. The van der Waals surface area contributed by atoms with E-state index in [2.05, 4.69) is 9.97 Å². The third-order valence-electron chi connectivity index (χ3n) is 3.93. The van der Waals surface area contributed by atoms with E-state index in [4.69, 9.17) is 4.11 Å². The van der Waals surface area contributed by atoms with Crippen LogP contribution in [0.25, 0.3) is 28.2 Å². The van der Waals surface area contributed by atoms with Crippen LogP contribution in [0.4, 0.5) is 0 Å². The van der Waals surface area contributed by atoms with Crippen LogP contribution in [-0.4, -0.2) is 18.9 Å². The van der Waals surface area contributed by atoms with Crippen LogP contribution in [0, 0.1) is 0 Å². The summed E-state index contributed by atoms with van der Waals surface area (Å²) in [5.74, 6) is 0.629. The van der Waals surface area contributed by atoms with Crippen molar-refractivity contribution < 1.29 is 8.68 Å². The summed E-state index contributed by atoms with van der Waals surface area (Å²) in [5, 5.41) is 0. The van der Waals surface area contributed by atoms with E-state index in [1.165, 1.54) is 4.57 Å². The van der Waals surface area contributed by atoms with E-state index in [1.54, 1.807) is 18.7 Å². The second kappa shape index (κ2) is 3.25. The highest BCUT2D eigenvalue weighted by Gasteiger charge is 2.33. The highest BCUT2D eigenvalue weighted by Crippen LogP contribution is 2.29. The summed E-state index contributed by atoms with van der Waals surface area (Å²) < 4.78 is 29.3. The minimum absolute atomic E-state index is 0.610. The quantitative estimate of drug-likeness (QED) is 0.398. The Bertz CT molecular complexity index is 1090. The van der Waals surface area contributed by atoms with Crippen molar-refractivity contribution in [3.63, 3.8) is 0 Å². The third-order valence-corrected chi connectivity index (χ3v) is 3.93. The number of aryl methyl sites for hydroxylation is 1. The Morgan fingerprint density at radius 2 is 2.35 bits per heavy atom. The lowest BCUT2D eigenvalue weighted by Crippen LogP contribution is -2.32. The van der Waals surface area contributed by atoms with Crippen molar-refractivity contribution in [2.24, 2.45) is 6.98 Å². The number of rotatable bonds is 0. The largest absolute Gasteiger partial charge is 0.275 e. The standard InChI is InChI=1S/C15H12N5/c1-18-12-7-11-4-6-16-9-20(11)14(12)19-8-10-3-2-5-17-13(10)15(18)19/h2-7,9H,8H2,1H3/q+1/i1D3. The number of aromatic nitrogens is 5. The molecular formula is C15H12N5+. The molecule has 1 aliphatic rings. The van der Waals surface area contributed by atoms with Gasteiger partial charge in [-0.05, 0) is 12.1 Å². The first-order chi connectivity index (χ1) is 11.1. The van der Waals surface area contributed by atoms with E-state index < -0.39 is 6.98 Å². The number of nitrogens with zero attached hydrogens (tertiary/aromatic N) is 5. The summed E-state index contributed by atoms with van der Waals surface area (Å²) in [6, 6.07) is 7.62. The van der Waals surface area contributed by atoms with Crippen molar-refractivity contribution in [1.29, 1.82) is 0 Å². The molecule has 5 nitrogen and oxygen atoms in total. The SMILES string of the molecule is [2H]C([2H])([2H])n1c2[n+](c3c1cc1ccncn13)Cc1cccnc1-2. The van der Waals surface area contributed by atoms with Gasteiger partial charge in [-0.2, -0.15) is 0 Å². The topological polar surface area (TPSA) is 39.0 Å². The smallest absolute Gasteiger partial charge is 0.255 e. The van der Waals surface area contributed by atoms with Crippen LogP contribution >= 0.6 is 0 Å². The fourth-order valence-corrected chi connectivity index (χ4v) is 3.08. The van der Waals surface area contributed by atoms with Gasteiger partial charge in [0.2, 0.25) is 0 Å². The Morgan fingerprint density at radius 1 is 1.35 bits per heavy atom. The Hall–Kier alpha value is -2.69. The summed E-state index contributed by atoms with van der Waals surface area (Å²) >= 11 is 0. The van der Waals surface area contributed by atoms with Crippen molar-refractivity contribution >= 4 is 16.7 Å². The number of hydrogen-bond donors (Lipinski definition) is 0. The zero-order valence-corrected chi connectivity index (χ0v) is 10.5. The van der Waals surface area contributed by atoms with Gasteiger partial charge in [-0.25, -0.2) is 18.9 Å². The van der Waals surface area contributed by atoms with Crippen molar-refractivity contribution in [2.75, 3.05) is 0 Å². The molecule has 5 heterocycles. The van der Waals surface area contributed by atoms with E-state index in [0.717, 1.165) is 22.4 Å². The first-order valence-corrected chi connectivity index (χ1v) is 6.40. The monoisotopic (exact) mass is 265 g/mol. The Kier molecular flexibility index (Phi) is 1.27. The van der Waals surface area contributed by atoms with Gasteiger partial charge in [0.05, 0.1) is 17.6 Å². The lowest BCUT2D eigenvalue weighted by molar-refractivity contribution is -0.648. The summed E-state index contributed by atoms with van der Waals surface area (Å²) in [5.41, 5.74) is 4.18. The molecule has 0 radical (unpaired) electrons.